The van der Waals surface area contributed by atoms with Crippen LogP contribution in [0, 0.1) is 5.92 Å². The molecule has 7 nitrogen and oxygen atoms in total. The van der Waals surface area contributed by atoms with Gasteiger partial charge in [0.15, 0.2) is 5.96 Å². The minimum Gasteiger partial charge on any atom is -0.378 e. The molecule has 0 saturated carbocycles. The third-order valence-electron chi connectivity index (χ3n) is 4.22. The topological polar surface area (TPSA) is 91.8 Å². The highest BCUT2D eigenvalue weighted by Crippen LogP contribution is 2.10. The molecule has 1 rings (SSSR count). The van der Waals surface area contributed by atoms with Gasteiger partial charge < -0.3 is 15.4 Å². The average molecular weight is 399 g/mol. The van der Waals surface area contributed by atoms with Gasteiger partial charge in [-0.3, -0.25) is 4.99 Å². The van der Waals surface area contributed by atoms with E-state index in [4.69, 9.17) is 4.74 Å². The molecule has 8 heteroatoms. The van der Waals surface area contributed by atoms with Crippen LogP contribution in [0.1, 0.15) is 38.3 Å². The second-order valence-electron chi connectivity index (χ2n) is 6.66. The zero-order valence-corrected chi connectivity index (χ0v) is 17.9. The van der Waals surface area contributed by atoms with E-state index in [0.717, 1.165) is 36.7 Å². The van der Waals surface area contributed by atoms with E-state index in [0.29, 0.717) is 12.5 Å². The van der Waals surface area contributed by atoms with E-state index in [1.165, 1.54) is 7.05 Å². The van der Waals surface area contributed by atoms with Crippen LogP contribution in [-0.4, -0.2) is 47.7 Å². The van der Waals surface area contributed by atoms with E-state index in [2.05, 4.69) is 34.2 Å². The van der Waals surface area contributed by atoms with Crippen LogP contribution in [0.2, 0.25) is 0 Å². The Balaban J connectivity index is 2.46. The fraction of sp³-hybridized carbons (Fsp3) is 0.632. The zero-order chi connectivity index (χ0) is 20.3. The van der Waals surface area contributed by atoms with Gasteiger partial charge in [0.05, 0.1) is 11.9 Å². The quantitative estimate of drug-likeness (QED) is 0.391. The maximum absolute atomic E-state index is 11.6. The van der Waals surface area contributed by atoms with Crippen LogP contribution in [0.15, 0.2) is 29.3 Å². The second-order valence-corrected chi connectivity index (χ2v) is 8.59. The summed E-state index contributed by atoms with van der Waals surface area (Å²) in [5.74, 6) is 1.19. The summed E-state index contributed by atoms with van der Waals surface area (Å²) in [7, 11) is -0.0877. The average Bonchev–Trinajstić information content (AvgIpc) is 2.64. The molecule has 0 aromatic heterocycles. The molecule has 3 N–H and O–H groups in total. The van der Waals surface area contributed by atoms with Crippen molar-refractivity contribution in [1.29, 1.82) is 0 Å². The highest BCUT2D eigenvalue weighted by atomic mass is 32.2. The van der Waals surface area contributed by atoms with E-state index >= 15 is 0 Å². The van der Waals surface area contributed by atoms with E-state index in [1.54, 1.807) is 7.05 Å². The largest absolute Gasteiger partial charge is 0.378 e. The van der Waals surface area contributed by atoms with E-state index in [1.807, 2.05) is 31.2 Å². The number of hydrogen-bond donors (Lipinski definition) is 3. The maximum atomic E-state index is 11.6. The van der Waals surface area contributed by atoms with E-state index < -0.39 is 10.0 Å². The fourth-order valence-corrected chi connectivity index (χ4v) is 3.38. The molecule has 1 aromatic rings. The van der Waals surface area contributed by atoms with Gasteiger partial charge in [0.1, 0.15) is 0 Å². The van der Waals surface area contributed by atoms with Crippen molar-refractivity contribution in [2.45, 2.75) is 45.6 Å². The number of benzene rings is 1. The van der Waals surface area contributed by atoms with Crippen molar-refractivity contribution in [3.05, 3.63) is 35.4 Å². The minimum absolute atomic E-state index is 0.0166. The lowest BCUT2D eigenvalue weighted by atomic mass is 10.0. The van der Waals surface area contributed by atoms with Crippen molar-refractivity contribution < 1.29 is 13.2 Å². The van der Waals surface area contributed by atoms with Gasteiger partial charge in [0.25, 0.3) is 0 Å². The molecule has 0 heterocycles. The predicted octanol–water partition coefficient (Wildman–Crippen LogP) is 1.85. The highest BCUT2D eigenvalue weighted by Gasteiger charge is 2.13. The van der Waals surface area contributed by atoms with Crippen LogP contribution < -0.4 is 15.4 Å². The summed E-state index contributed by atoms with van der Waals surface area (Å²) >= 11 is 0. The zero-order valence-electron chi connectivity index (χ0n) is 17.1. The summed E-state index contributed by atoms with van der Waals surface area (Å²) in [6.07, 6.45) is 1.16. The van der Waals surface area contributed by atoms with Gasteiger partial charge in [-0.1, -0.05) is 38.1 Å². The molecule has 0 aliphatic rings. The van der Waals surface area contributed by atoms with Crippen molar-refractivity contribution in [2.75, 3.05) is 27.2 Å². The normalized spacial score (nSPS) is 13.6. The van der Waals surface area contributed by atoms with E-state index in [9.17, 15) is 8.42 Å². The molecule has 154 valence electrons. The number of rotatable bonds is 11. The third kappa shape index (κ3) is 9.21. The smallest absolute Gasteiger partial charge is 0.215 e. The number of aliphatic imine (C=N–C) groups is 1. The molecule has 0 spiro atoms. The Kier molecular flexibility index (Phi) is 10.4. The molecule has 1 aromatic carbocycles. The molecule has 0 saturated heterocycles. The second kappa shape index (κ2) is 11.9. The molecule has 0 bridgehead atoms. The summed E-state index contributed by atoms with van der Waals surface area (Å²) < 4.78 is 31.2. The summed E-state index contributed by atoms with van der Waals surface area (Å²) in [5, 5.41) is 6.57. The lowest BCUT2D eigenvalue weighted by Gasteiger charge is -2.21. The Morgan fingerprint density at radius 1 is 1.15 bits per heavy atom. The first kappa shape index (κ1) is 23.4. The number of nitrogens with zero attached hydrogens (tertiary/aromatic N) is 1. The maximum Gasteiger partial charge on any atom is 0.215 e. The Hall–Kier alpha value is -1.64. The van der Waals surface area contributed by atoms with Gasteiger partial charge in [0, 0.05) is 26.7 Å². The number of nitrogens with one attached hydrogen (secondary N) is 3. The summed E-state index contributed by atoms with van der Waals surface area (Å²) in [4.78, 5) is 4.23. The lowest BCUT2D eigenvalue weighted by molar-refractivity contribution is 0.0258. The molecule has 1 unspecified atom stereocenters. The minimum atomic E-state index is -3.25. The van der Waals surface area contributed by atoms with Crippen LogP contribution >= 0.6 is 0 Å². The van der Waals surface area contributed by atoms with Crippen molar-refractivity contribution in [3.63, 3.8) is 0 Å². The first-order chi connectivity index (χ1) is 12.8. The monoisotopic (exact) mass is 398 g/mol. The third-order valence-corrected chi connectivity index (χ3v) is 5.56. The SMILES string of the molecule is CCOC(CCNC(=NC)NCc1ccc(CS(=O)(=O)NC)cc1)C(C)C. The molecule has 27 heavy (non-hydrogen) atoms. The Morgan fingerprint density at radius 2 is 1.78 bits per heavy atom. The van der Waals surface area contributed by atoms with Crippen molar-refractivity contribution in [2.24, 2.45) is 10.9 Å². The summed E-state index contributed by atoms with van der Waals surface area (Å²) in [6.45, 7) is 8.46. The van der Waals surface area contributed by atoms with Gasteiger partial charge in [-0.05, 0) is 37.4 Å². The molecular formula is C19H34N4O3S. The standard InChI is InChI=1S/C19H34N4O3S/c1-6-26-18(15(2)3)11-12-22-19(20-4)23-13-16-7-9-17(10-8-16)14-27(24,25)21-5/h7-10,15,18,21H,6,11-14H2,1-5H3,(H2,20,22,23). The summed E-state index contributed by atoms with van der Waals surface area (Å²) in [5.41, 5.74) is 1.81. The van der Waals surface area contributed by atoms with Gasteiger partial charge in [-0.2, -0.15) is 0 Å². The Bertz CT molecular complexity index is 673. The molecule has 1 atom stereocenters. The van der Waals surface area contributed by atoms with Crippen molar-refractivity contribution in [1.82, 2.24) is 15.4 Å². The fourth-order valence-electron chi connectivity index (χ4n) is 2.61. The Labute approximate surface area is 164 Å². The van der Waals surface area contributed by atoms with E-state index in [-0.39, 0.29) is 11.9 Å². The van der Waals surface area contributed by atoms with Gasteiger partial charge in [-0.15, -0.1) is 0 Å². The number of guanidine groups is 1. The van der Waals surface area contributed by atoms with Crippen LogP contribution in [0.3, 0.4) is 0 Å². The molecule has 0 radical (unpaired) electrons. The molecule has 0 amide bonds. The first-order valence-corrected chi connectivity index (χ1v) is 11.0. The van der Waals surface area contributed by atoms with Crippen LogP contribution in [-0.2, 0) is 27.1 Å². The molecule has 0 fully saturated rings. The van der Waals surface area contributed by atoms with Crippen LogP contribution in [0.25, 0.3) is 0 Å². The lowest BCUT2D eigenvalue weighted by Crippen LogP contribution is -2.38. The predicted molar refractivity (Wildman–Crippen MR) is 111 cm³/mol. The molecular weight excluding hydrogens is 364 g/mol. The first-order valence-electron chi connectivity index (χ1n) is 9.36. The number of ether oxygens (including phenoxy) is 1. The van der Waals surface area contributed by atoms with Crippen LogP contribution in [0.5, 0.6) is 0 Å². The summed E-state index contributed by atoms with van der Waals surface area (Å²) in [6, 6.07) is 7.50. The van der Waals surface area contributed by atoms with Gasteiger partial charge in [-0.25, -0.2) is 13.1 Å². The van der Waals surface area contributed by atoms with Crippen molar-refractivity contribution >= 4 is 16.0 Å². The van der Waals surface area contributed by atoms with Gasteiger partial charge in [0.2, 0.25) is 10.0 Å². The number of sulfonamides is 1. The molecule has 0 aliphatic carbocycles. The number of hydrogen-bond acceptors (Lipinski definition) is 4. The highest BCUT2D eigenvalue weighted by molar-refractivity contribution is 7.88. The van der Waals surface area contributed by atoms with Crippen molar-refractivity contribution in [3.8, 4) is 0 Å². The Morgan fingerprint density at radius 3 is 2.30 bits per heavy atom. The van der Waals surface area contributed by atoms with Crippen LogP contribution in [0.4, 0.5) is 0 Å². The molecule has 0 aliphatic heterocycles. The van der Waals surface area contributed by atoms with Gasteiger partial charge >= 0.3 is 0 Å².